The first-order valence-corrected chi connectivity index (χ1v) is 14.6. The Morgan fingerprint density at radius 2 is 2.23 bits per heavy atom. The summed E-state index contributed by atoms with van der Waals surface area (Å²) in [5.74, 6) is -1.37. The second-order valence-corrected chi connectivity index (χ2v) is 11.4. The van der Waals surface area contributed by atoms with Gasteiger partial charge in [0.15, 0.2) is 5.13 Å². The molecule has 0 unspecified atom stereocenters. The molecular weight excluding hydrogens is 568 g/mol. The van der Waals surface area contributed by atoms with Gasteiger partial charge in [0.1, 0.15) is 42.7 Å². The minimum atomic E-state index is -1.23. The number of fused-ring (bicyclic) bond motifs is 2. The molecule has 206 valence electrons. The highest BCUT2D eigenvalue weighted by Gasteiger charge is 2.54. The summed E-state index contributed by atoms with van der Waals surface area (Å²) < 4.78 is 7.87. The first-order valence-electron chi connectivity index (χ1n) is 11.9. The lowest BCUT2D eigenvalue weighted by atomic mass is 10.0. The molecule has 2 aliphatic heterocycles. The zero-order chi connectivity index (χ0) is 27.7. The zero-order valence-electron chi connectivity index (χ0n) is 20.6. The summed E-state index contributed by atoms with van der Waals surface area (Å²) in [6.07, 6.45) is 4.85. The van der Waals surface area contributed by atoms with Crippen LogP contribution in [0.5, 0.6) is 0 Å². The summed E-state index contributed by atoms with van der Waals surface area (Å²) in [6.45, 7) is 2.32. The standard InChI is InChI=1S/C22H24N8O6S3/c1-2-6-36-26-14(17-25-22(23)39-27-17)18(32)24-15-19(33)30-16(21(34)35)11(10-38-20(15)30)8-28-9-13-29(4-7-37-13)12(28)3-5-31/h4,7,9,15,20,31H,2-3,5-6,8,10H2,1H3,(H3-,23,24,25,27,32,34,35)/p+1/b26-14-/t15-,20-/m1/s1. The fraction of sp³-hybridized carbons (Fsp3) is 0.409. The van der Waals surface area contributed by atoms with E-state index in [1.165, 1.54) is 28.0 Å². The molecule has 0 bridgehead atoms. The van der Waals surface area contributed by atoms with Gasteiger partial charge < -0.3 is 26.1 Å². The molecule has 2 amide bonds. The van der Waals surface area contributed by atoms with Crippen LogP contribution in [0.4, 0.5) is 5.13 Å². The Bertz CT molecular complexity index is 1490. The van der Waals surface area contributed by atoms with Crippen molar-refractivity contribution in [3.8, 4) is 0 Å². The van der Waals surface area contributed by atoms with Gasteiger partial charge in [-0.25, -0.2) is 9.36 Å². The van der Waals surface area contributed by atoms with Crippen LogP contribution >= 0.6 is 34.6 Å². The van der Waals surface area contributed by atoms with Crippen molar-refractivity contribution < 1.29 is 34.0 Å². The fourth-order valence-corrected chi connectivity index (χ4v) is 6.94. The average Bonchev–Trinajstić information content (AvgIpc) is 3.62. The van der Waals surface area contributed by atoms with Gasteiger partial charge in [-0.2, -0.15) is 13.8 Å². The molecule has 0 radical (unpaired) electrons. The van der Waals surface area contributed by atoms with Gasteiger partial charge >= 0.3 is 5.97 Å². The third-order valence-corrected chi connectivity index (χ3v) is 8.75. The number of aliphatic hydroxyl groups excluding tert-OH is 1. The normalized spacial score (nSPS) is 19.3. The molecule has 39 heavy (non-hydrogen) atoms. The van der Waals surface area contributed by atoms with Crippen LogP contribution in [0.3, 0.4) is 0 Å². The van der Waals surface area contributed by atoms with Crippen LogP contribution in [-0.2, 0) is 32.2 Å². The van der Waals surface area contributed by atoms with Crippen LogP contribution in [0, 0.1) is 0 Å². The topological polar surface area (TPSA) is 189 Å². The van der Waals surface area contributed by atoms with Crippen molar-refractivity contribution in [3.63, 3.8) is 0 Å². The monoisotopic (exact) mass is 593 g/mol. The van der Waals surface area contributed by atoms with E-state index >= 15 is 0 Å². The summed E-state index contributed by atoms with van der Waals surface area (Å²) in [6, 6.07) is -0.969. The van der Waals surface area contributed by atoms with Crippen molar-refractivity contribution in [2.24, 2.45) is 5.16 Å². The number of aliphatic carboxylic acids is 1. The van der Waals surface area contributed by atoms with Crippen molar-refractivity contribution in [3.05, 3.63) is 40.7 Å². The number of carboxylic acids is 1. The third-order valence-electron chi connectivity index (χ3n) is 6.06. The average molecular weight is 594 g/mol. The number of carbonyl (C=O) groups excluding carboxylic acids is 2. The first-order chi connectivity index (χ1) is 18.8. The van der Waals surface area contributed by atoms with E-state index in [-0.39, 0.29) is 42.1 Å². The number of β-lactam (4-membered cyclic amide) rings is 1. The van der Waals surface area contributed by atoms with Crippen molar-refractivity contribution in [2.45, 2.75) is 37.7 Å². The summed E-state index contributed by atoms with van der Waals surface area (Å²) >= 11 is 3.78. The van der Waals surface area contributed by atoms with E-state index in [4.69, 9.17) is 10.6 Å². The fourth-order valence-electron chi connectivity index (χ4n) is 4.38. The van der Waals surface area contributed by atoms with Crippen LogP contribution in [0.25, 0.3) is 4.83 Å². The smallest absolute Gasteiger partial charge is 0.352 e. The maximum absolute atomic E-state index is 13.2. The molecule has 0 saturated carbocycles. The molecule has 3 aromatic heterocycles. The van der Waals surface area contributed by atoms with Crippen LogP contribution in [-0.4, -0.2) is 82.7 Å². The molecule has 2 atom stereocenters. The number of hydrogen-bond acceptors (Lipinski definition) is 12. The number of carbonyl (C=O) groups is 3. The maximum Gasteiger partial charge on any atom is 0.352 e. The number of rotatable bonds is 11. The van der Waals surface area contributed by atoms with Crippen molar-refractivity contribution in [1.82, 2.24) is 24.0 Å². The van der Waals surface area contributed by atoms with Crippen molar-refractivity contribution in [1.29, 1.82) is 0 Å². The Kier molecular flexibility index (Phi) is 7.83. The summed E-state index contributed by atoms with van der Waals surface area (Å²) in [4.78, 5) is 49.9. The van der Waals surface area contributed by atoms with E-state index in [9.17, 15) is 24.6 Å². The van der Waals surface area contributed by atoms with E-state index in [1.807, 2.05) is 33.7 Å². The van der Waals surface area contributed by atoms with Gasteiger partial charge in [-0.3, -0.25) is 14.5 Å². The van der Waals surface area contributed by atoms with Crippen LogP contribution in [0.15, 0.2) is 34.2 Å². The molecule has 0 spiro atoms. The molecular formula is C22H25N8O6S3+. The number of anilines is 1. The van der Waals surface area contributed by atoms with Gasteiger partial charge in [-0.15, -0.1) is 11.8 Å². The lowest BCUT2D eigenvalue weighted by Crippen LogP contribution is -2.71. The highest BCUT2D eigenvalue weighted by atomic mass is 32.2. The Hall–Kier alpha value is -3.54. The maximum atomic E-state index is 13.2. The quantitative estimate of drug-likeness (QED) is 0.0764. The molecule has 3 aromatic rings. The van der Waals surface area contributed by atoms with E-state index in [0.717, 1.165) is 22.2 Å². The number of hydrogen-bond donors (Lipinski definition) is 4. The molecule has 5 N–H and O–H groups in total. The first kappa shape index (κ1) is 27.0. The van der Waals surface area contributed by atoms with Crippen molar-refractivity contribution in [2.75, 3.05) is 24.7 Å². The second kappa shape index (κ2) is 11.3. The summed E-state index contributed by atoms with van der Waals surface area (Å²) in [7, 11) is 0. The Balaban J connectivity index is 1.37. The van der Waals surface area contributed by atoms with Gasteiger partial charge in [0, 0.05) is 28.2 Å². The Labute approximate surface area is 233 Å². The van der Waals surface area contributed by atoms with E-state index in [0.29, 0.717) is 24.2 Å². The van der Waals surface area contributed by atoms with E-state index in [2.05, 4.69) is 19.8 Å². The number of thiazole rings is 1. The highest BCUT2D eigenvalue weighted by Crippen LogP contribution is 2.40. The molecule has 5 rings (SSSR count). The minimum Gasteiger partial charge on any atom is -0.477 e. The highest BCUT2D eigenvalue weighted by molar-refractivity contribution is 8.00. The second-order valence-electron chi connectivity index (χ2n) is 8.61. The Morgan fingerprint density at radius 1 is 1.41 bits per heavy atom. The third kappa shape index (κ3) is 5.09. The minimum absolute atomic E-state index is 0.0254. The van der Waals surface area contributed by atoms with Gasteiger partial charge in [0.25, 0.3) is 17.6 Å². The summed E-state index contributed by atoms with van der Waals surface area (Å²) in [5.41, 5.74) is 5.89. The van der Waals surface area contributed by atoms with Gasteiger partial charge in [0.05, 0.1) is 13.0 Å². The van der Waals surface area contributed by atoms with E-state index in [1.54, 1.807) is 0 Å². The molecule has 0 aromatic carbocycles. The summed E-state index contributed by atoms with van der Waals surface area (Å²) in [5, 5.41) is 27.6. The predicted molar refractivity (Wildman–Crippen MR) is 143 cm³/mol. The zero-order valence-corrected chi connectivity index (χ0v) is 23.1. The van der Waals surface area contributed by atoms with Gasteiger partial charge in [-0.05, 0) is 6.42 Å². The number of nitrogens with two attached hydrogens (primary N) is 1. The van der Waals surface area contributed by atoms with Gasteiger partial charge in [-0.1, -0.05) is 23.4 Å². The van der Waals surface area contributed by atoms with Crippen molar-refractivity contribution >= 4 is 68.1 Å². The molecule has 5 heterocycles. The number of amides is 2. The molecule has 2 aliphatic rings. The van der Waals surface area contributed by atoms with Crippen LogP contribution in [0.2, 0.25) is 0 Å². The molecule has 0 aliphatic carbocycles. The number of carboxylic acid groups (broad SMARTS) is 1. The molecule has 1 fully saturated rings. The molecule has 14 nitrogen and oxygen atoms in total. The molecule has 17 heteroatoms. The van der Waals surface area contributed by atoms with E-state index < -0.39 is 29.2 Å². The number of aromatic nitrogens is 4. The van der Waals surface area contributed by atoms with Gasteiger partial charge in [0.2, 0.25) is 16.4 Å². The number of nitrogens with zero attached hydrogens (tertiary/aromatic N) is 6. The lowest BCUT2D eigenvalue weighted by Gasteiger charge is -2.49. The number of imidazole rings is 1. The predicted octanol–water partition coefficient (Wildman–Crippen LogP) is -0.174. The molecule has 1 saturated heterocycles. The number of oxime groups is 1. The number of thioether (sulfide) groups is 1. The lowest BCUT2D eigenvalue weighted by molar-refractivity contribution is -0.695. The largest absolute Gasteiger partial charge is 0.477 e. The number of nitrogens with one attached hydrogen (secondary N) is 1. The SMILES string of the molecule is CCCO/N=C(\C(=O)N[C@@H]1C(=O)N2C(C(=O)O)=C(C[n+]3cc4sccn4c3CCO)CS[C@H]12)c1nsc(N)n1. The Morgan fingerprint density at radius 3 is 2.92 bits per heavy atom. The van der Waals surface area contributed by atoms with Crippen LogP contribution < -0.4 is 15.6 Å². The van der Waals surface area contributed by atoms with Crippen LogP contribution in [0.1, 0.15) is 25.0 Å². The number of nitrogen functional groups attached to an aromatic ring is 1. The number of aliphatic hydroxyl groups is 1.